The zero-order chi connectivity index (χ0) is 54.3. The highest BCUT2D eigenvalue weighted by molar-refractivity contribution is 5.76. The highest BCUT2D eigenvalue weighted by Gasteiger charge is 2.20. The summed E-state index contributed by atoms with van der Waals surface area (Å²) in [6.07, 6.45) is 80.6. The summed E-state index contributed by atoms with van der Waals surface area (Å²) in [6, 6.07) is -0.544. The first kappa shape index (κ1) is 73.3. The van der Waals surface area contributed by atoms with Crippen LogP contribution in [0.1, 0.15) is 380 Å². The smallest absolute Gasteiger partial charge is 0.305 e. The van der Waals surface area contributed by atoms with Crippen LogP contribution in [-0.2, 0) is 14.3 Å². The average Bonchev–Trinajstić information content (AvgIpc) is 3.41. The second-order valence-electron chi connectivity index (χ2n) is 23.5. The van der Waals surface area contributed by atoms with Gasteiger partial charge < -0.3 is 20.3 Å². The summed E-state index contributed by atoms with van der Waals surface area (Å²) in [7, 11) is 0. The van der Waals surface area contributed by atoms with Crippen molar-refractivity contribution in [2.24, 2.45) is 0 Å². The molecule has 0 heterocycles. The van der Waals surface area contributed by atoms with Crippen molar-refractivity contribution in [2.75, 3.05) is 13.2 Å². The average molecular weight is 1060 g/mol. The van der Waals surface area contributed by atoms with E-state index in [1.807, 2.05) is 0 Å². The molecule has 0 fully saturated rings. The first-order valence-electron chi connectivity index (χ1n) is 34.1. The van der Waals surface area contributed by atoms with Crippen molar-refractivity contribution >= 4 is 11.9 Å². The fourth-order valence-electron chi connectivity index (χ4n) is 10.8. The lowest BCUT2D eigenvalue weighted by molar-refractivity contribution is -0.143. The van der Waals surface area contributed by atoms with Crippen molar-refractivity contribution in [3.05, 3.63) is 24.3 Å². The van der Waals surface area contributed by atoms with E-state index in [0.717, 1.165) is 51.4 Å². The van der Waals surface area contributed by atoms with Crippen LogP contribution in [0.4, 0.5) is 0 Å². The van der Waals surface area contributed by atoms with Gasteiger partial charge in [0.25, 0.3) is 0 Å². The van der Waals surface area contributed by atoms with E-state index in [1.54, 1.807) is 0 Å². The van der Waals surface area contributed by atoms with E-state index in [1.165, 1.54) is 295 Å². The Morgan fingerprint density at radius 2 is 0.667 bits per heavy atom. The molecule has 0 aromatic heterocycles. The zero-order valence-corrected chi connectivity index (χ0v) is 50.8. The molecule has 2 atom stereocenters. The molecule has 3 N–H and O–H groups in total. The van der Waals surface area contributed by atoms with Crippen LogP contribution in [0, 0.1) is 0 Å². The maximum Gasteiger partial charge on any atom is 0.305 e. The van der Waals surface area contributed by atoms with Gasteiger partial charge in [0, 0.05) is 12.8 Å². The van der Waals surface area contributed by atoms with Crippen LogP contribution in [-0.4, -0.2) is 47.4 Å². The number of hydrogen-bond donors (Lipinski definition) is 3. The fraction of sp³-hybridized carbons (Fsp3) is 0.913. The minimum absolute atomic E-state index is 0.00384. The van der Waals surface area contributed by atoms with E-state index < -0.39 is 12.1 Å². The lowest BCUT2D eigenvalue weighted by Crippen LogP contribution is -2.45. The van der Waals surface area contributed by atoms with Crippen molar-refractivity contribution in [1.82, 2.24) is 5.32 Å². The molecule has 0 aliphatic carbocycles. The van der Waals surface area contributed by atoms with Gasteiger partial charge in [0.05, 0.1) is 25.4 Å². The van der Waals surface area contributed by atoms with Gasteiger partial charge in [-0.1, -0.05) is 334 Å². The first-order chi connectivity index (χ1) is 37.0. The van der Waals surface area contributed by atoms with E-state index in [-0.39, 0.29) is 18.5 Å². The molecule has 0 saturated heterocycles. The minimum Gasteiger partial charge on any atom is -0.466 e. The van der Waals surface area contributed by atoms with Crippen molar-refractivity contribution in [3.63, 3.8) is 0 Å². The lowest BCUT2D eigenvalue weighted by atomic mass is 10.0. The maximum absolute atomic E-state index is 12.5. The van der Waals surface area contributed by atoms with Gasteiger partial charge in [0.15, 0.2) is 0 Å². The van der Waals surface area contributed by atoms with Gasteiger partial charge in [0.1, 0.15) is 0 Å². The SMILES string of the molecule is CCCCC/C=C\C/C=C\CCCCCCCCCC(=O)OCCCCCCCCCCCCCCCCCCCCCCC(=O)NC(CO)C(O)CCCCCCCCCCCCCCCCCCCCCCC. The normalized spacial score (nSPS) is 12.6. The van der Waals surface area contributed by atoms with Crippen molar-refractivity contribution in [2.45, 2.75) is 392 Å². The largest absolute Gasteiger partial charge is 0.466 e. The summed E-state index contributed by atoms with van der Waals surface area (Å²) in [5, 5.41) is 23.4. The molecule has 0 saturated carbocycles. The minimum atomic E-state index is -0.667. The van der Waals surface area contributed by atoms with Gasteiger partial charge in [-0.2, -0.15) is 0 Å². The number of ether oxygens (including phenoxy) is 1. The molecule has 0 spiro atoms. The van der Waals surface area contributed by atoms with Crippen LogP contribution >= 0.6 is 0 Å². The number of allylic oxidation sites excluding steroid dienone is 4. The first-order valence-corrected chi connectivity index (χ1v) is 34.1. The third-order valence-corrected chi connectivity index (χ3v) is 16.0. The lowest BCUT2D eigenvalue weighted by Gasteiger charge is -2.22. The number of aliphatic hydroxyl groups is 2. The number of rotatable bonds is 64. The summed E-state index contributed by atoms with van der Waals surface area (Å²) in [6.45, 7) is 4.96. The Morgan fingerprint density at radius 3 is 1.04 bits per heavy atom. The zero-order valence-electron chi connectivity index (χ0n) is 50.8. The molecule has 0 rings (SSSR count). The Labute approximate surface area is 469 Å². The number of amides is 1. The van der Waals surface area contributed by atoms with Crippen LogP contribution in [0.15, 0.2) is 24.3 Å². The summed E-state index contributed by atoms with van der Waals surface area (Å²) in [5.41, 5.74) is 0. The predicted molar refractivity (Wildman–Crippen MR) is 329 cm³/mol. The summed E-state index contributed by atoms with van der Waals surface area (Å²) in [4.78, 5) is 24.6. The standard InChI is InChI=1S/C69H133NO5/c1-3-5-7-9-11-13-15-17-19-21-22-23-26-30-33-37-41-45-49-53-57-61-67(72)66(65-71)70-68(73)62-58-54-50-46-42-38-34-31-27-24-25-28-32-36-40-44-48-52-56-60-64-75-69(74)63-59-55-51-47-43-39-35-29-20-18-16-14-12-10-8-6-4-2/h12,14,18,20,66-67,71-72H,3-11,13,15-17,19,21-65H2,1-2H3,(H,70,73)/b14-12-,20-18-. The predicted octanol–water partition coefficient (Wildman–Crippen LogP) is 21.8. The molecule has 444 valence electrons. The van der Waals surface area contributed by atoms with Crippen LogP contribution in [0.2, 0.25) is 0 Å². The van der Waals surface area contributed by atoms with Crippen molar-refractivity contribution < 1.29 is 24.5 Å². The Kier molecular flexibility index (Phi) is 63.4. The highest BCUT2D eigenvalue weighted by atomic mass is 16.5. The molecule has 1 amide bonds. The number of esters is 1. The number of aliphatic hydroxyl groups excluding tert-OH is 2. The van der Waals surface area contributed by atoms with Crippen molar-refractivity contribution in [1.29, 1.82) is 0 Å². The monoisotopic (exact) mass is 1060 g/mol. The highest BCUT2D eigenvalue weighted by Crippen LogP contribution is 2.19. The van der Waals surface area contributed by atoms with Crippen molar-refractivity contribution in [3.8, 4) is 0 Å². The Balaban J connectivity index is 3.39. The molecular weight excluding hydrogens is 923 g/mol. The molecule has 0 aliphatic heterocycles. The van der Waals surface area contributed by atoms with E-state index in [0.29, 0.717) is 25.9 Å². The van der Waals surface area contributed by atoms with Crippen LogP contribution in [0.3, 0.4) is 0 Å². The molecule has 2 unspecified atom stereocenters. The maximum atomic E-state index is 12.5. The number of nitrogens with one attached hydrogen (secondary N) is 1. The Bertz CT molecular complexity index is 1170. The molecule has 0 radical (unpaired) electrons. The number of hydrogen-bond acceptors (Lipinski definition) is 5. The van der Waals surface area contributed by atoms with E-state index >= 15 is 0 Å². The number of unbranched alkanes of at least 4 members (excludes halogenated alkanes) is 49. The third kappa shape index (κ3) is 61.4. The van der Waals surface area contributed by atoms with Gasteiger partial charge in [-0.25, -0.2) is 0 Å². The van der Waals surface area contributed by atoms with Gasteiger partial charge in [-0.15, -0.1) is 0 Å². The van der Waals surface area contributed by atoms with E-state index in [9.17, 15) is 19.8 Å². The summed E-state index contributed by atoms with van der Waals surface area (Å²) >= 11 is 0. The quantitative estimate of drug-likeness (QED) is 0.0320. The molecule has 0 bridgehead atoms. The molecule has 0 aromatic carbocycles. The van der Waals surface area contributed by atoms with Gasteiger partial charge in [0.2, 0.25) is 5.91 Å². The van der Waals surface area contributed by atoms with Gasteiger partial charge >= 0.3 is 5.97 Å². The number of carbonyl (C=O) groups excluding carboxylic acids is 2. The topological polar surface area (TPSA) is 95.9 Å². The molecule has 0 aliphatic rings. The summed E-state index contributed by atoms with van der Waals surface area (Å²) in [5.74, 6) is -0.0290. The van der Waals surface area contributed by atoms with Crippen LogP contribution in [0.5, 0.6) is 0 Å². The van der Waals surface area contributed by atoms with E-state index in [2.05, 4.69) is 43.5 Å². The third-order valence-electron chi connectivity index (χ3n) is 16.0. The number of carbonyl (C=O) groups is 2. The Morgan fingerprint density at radius 1 is 0.373 bits per heavy atom. The molecule has 6 nitrogen and oxygen atoms in total. The molecule has 6 heteroatoms. The molecule has 75 heavy (non-hydrogen) atoms. The van der Waals surface area contributed by atoms with Gasteiger partial charge in [-0.3, -0.25) is 9.59 Å². The fourth-order valence-corrected chi connectivity index (χ4v) is 10.8. The Hall–Kier alpha value is -1.66. The summed E-state index contributed by atoms with van der Waals surface area (Å²) < 4.78 is 5.49. The molecular formula is C69H133NO5. The molecule has 0 aromatic rings. The van der Waals surface area contributed by atoms with Gasteiger partial charge in [-0.05, 0) is 57.8 Å². The second-order valence-corrected chi connectivity index (χ2v) is 23.5. The van der Waals surface area contributed by atoms with Crippen LogP contribution in [0.25, 0.3) is 0 Å². The van der Waals surface area contributed by atoms with E-state index in [4.69, 9.17) is 4.74 Å². The second kappa shape index (κ2) is 64.9. The van der Waals surface area contributed by atoms with Crippen LogP contribution < -0.4 is 5.32 Å².